The highest BCUT2D eigenvalue weighted by Crippen LogP contribution is 2.27. The third-order valence-electron chi connectivity index (χ3n) is 5.21. The molecular weight excluding hydrogens is 450 g/mol. The Morgan fingerprint density at radius 2 is 2.00 bits per heavy atom. The summed E-state index contributed by atoms with van der Waals surface area (Å²) in [5.74, 6) is 0.448. The van der Waals surface area contributed by atoms with E-state index in [0.29, 0.717) is 40.0 Å². The number of fused-ring (bicyclic) bond motifs is 1. The fourth-order valence-electron chi connectivity index (χ4n) is 3.72. The lowest BCUT2D eigenvalue weighted by Crippen LogP contribution is -2.42. The first-order valence-corrected chi connectivity index (χ1v) is 10.6. The molecule has 0 aliphatic carbocycles. The van der Waals surface area contributed by atoms with E-state index in [9.17, 15) is 14.4 Å². The van der Waals surface area contributed by atoms with Crippen molar-refractivity contribution in [2.45, 2.75) is 33.5 Å². The van der Waals surface area contributed by atoms with Crippen LogP contribution < -0.4 is 21.3 Å². The maximum Gasteiger partial charge on any atom is 0.332 e. The zero-order valence-electron chi connectivity index (χ0n) is 18.3. The first-order chi connectivity index (χ1) is 15.8. The third-order valence-corrected chi connectivity index (χ3v) is 5.50. The Kier molecular flexibility index (Phi) is 6.10. The largest absolute Gasteiger partial charge is 0.495 e. The van der Waals surface area contributed by atoms with Crippen LogP contribution in [-0.2, 0) is 24.4 Å². The summed E-state index contributed by atoms with van der Waals surface area (Å²) in [6.45, 7) is 3.58. The zero-order chi connectivity index (χ0) is 23.7. The van der Waals surface area contributed by atoms with Gasteiger partial charge >= 0.3 is 5.69 Å². The number of nitrogens with zero attached hydrogens (tertiary/aromatic N) is 4. The van der Waals surface area contributed by atoms with Crippen LogP contribution in [0, 0.1) is 6.92 Å². The van der Waals surface area contributed by atoms with Crippen molar-refractivity contribution in [3.05, 3.63) is 73.9 Å². The van der Waals surface area contributed by atoms with Gasteiger partial charge in [-0.05, 0) is 44.2 Å². The van der Waals surface area contributed by atoms with Crippen LogP contribution in [0.4, 0.5) is 5.69 Å². The van der Waals surface area contributed by atoms with Crippen molar-refractivity contribution in [3.8, 4) is 5.75 Å². The highest BCUT2D eigenvalue weighted by Gasteiger charge is 2.22. The lowest BCUT2D eigenvalue weighted by atomic mass is 10.3. The number of anilines is 1. The van der Waals surface area contributed by atoms with Gasteiger partial charge in [0.1, 0.15) is 23.6 Å². The van der Waals surface area contributed by atoms with Gasteiger partial charge in [-0.25, -0.2) is 4.79 Å². The van der Waals surface area contributed by atoms with Gasteiger partial charge in [0, 0.05) is 12.2 Å². The molecule has 1 N–H and O–H groups in total. The van der Waals surface area contributed by atoms with Crippen molar-refractivity contribution >= 4 is 34.2 Å². The summed E-state index contributed by atoms with van der Waals surface area (Å²) < 4.78 is 14.3. The number of nitrogens with one attached hydrogen (secondary N) is 1. The molecule has 3 aromatic heterocycles. The number of rotatable bonds is 7. The molecule has 0 bridgehead atoms. The quantitative estimate of drug-likeness (QED) is 0.443. The summed E-state index contributed by atoms with van der Waals surface area (Å²) in [5.41, 5.74) is 0.372. The molecule has 10 nitrogen and oxygen atoms in total. The Labute approximate surface area is 192 Å². The number of hydrogen-bond donors (Lipinski definition) is 1. The van der Waals surface area contributed by atoms with Crippen LogP contribution in [0.25, 0.3) is 11.0 Å². The second-order valence-corrected chi connectivity index (χ2v) is 7.74. The molecule has 11 heteroatoms. The predicted octanol–water partition coefficient (Wildman–Crippen LogP) is 2.63. The van der Waals surface area contributed by atoms with Gasteiger partial charge in [0.15, 0.2) is 5.52 Å². The summed E-state index contributed by atoms with van der Waals surface area (Å²) >= 11 is 6.13. The highest BCUT2D eigenvalue weighted by molar-refractivity contribution is 6.32. The minimum Gasteiger partial charge on any atom is -0.495 e. The van der Waals surface area contributed by atoms with E-state index in [2.05, 4.69) is 10.4 Å². The standard InChI is InChI=1S/C22H22ClN5O5/c1-4-28-20-19(13(2)25-28)26(22(31)27(21(20)30)11-15-6-5-9-33-15)12-18(29)24-14-7-8-17(32-3)16(23)10-14/h5-10H,4,11-12H2,1-3H3,(H,24,29). The van der Waals surface area contributed by atoms with E-state index < -0.39 is 17.2 Å². The molecule has 0 aliphatic heterocycles. The molecule has 1 aromatic carbocycles. The zero-order valence-corrected chi connectivity index (χ0v) is 19.0. The van der Waals surface area contributed by atoms with Gasteiger partial charge in [0.25, 0.3) is 5.56 Å². The number of hydrogen-bond acceptors (Lipinski definition) is 6. The SMILES string of the molecule is CCn1nc(C)c2c1c(=O)n(Cc1ccco1)c(=O)n2CC(=O)Nc1ccc(OC)c(Cl)c1. The van der Waals surface area contributed by atoms with Gasteiger partial charge < -0.3 is 14.5 Å². The van der Waals surface area contributed by atoms with Crippen LogP contribution in [0.15, 0.2) is 50.6 Å². The number of aryl methyl sites for hydroxylation is 2. The van der Waals surface area contributed by atoms with Crippen LogP contribution in [0.2, 0.25) is 5.02 Å². The monoisotopic (exact) mass is 471 g/mol. The predicted molar refractivity (Wildman–Crippen MR) is 123 cm³/mol. The smallest absolute Gasteiger partial charge is 0.332 e. The topological polar surface area (TPSA) is 113 Å². The van der Waals surface area contributed by atoms with Gasteiger partial charge in [0.2, 0.25) is 5.91 Å². The average molecular weight is 472 g/mol. The lowest BCUT2D eigenvalue weighted by molar-refractivity contribution is -0.116. The molecule has 0 saturated carbocycles. The molecule has 0 radical (unpaired) electrons. The summed E-state index contributed by atoms with van der Waals surface area (Å²) in [7, 11) is 1.49. The van der Waals surface area contributed by atoms with Crippen LogP contribution in [-0.4, -0.2) is 31.9 Å². The lowest BCUT2D eigenvalue weighted by Gasteiger charge is -2.13. The van der Waals surface area contributed by atoms with E-state index in [1.807, 2.05) is 6.92 Å². The Hall–Kier alpha value is -3.79. The molecule has 4 aromatic rings. The van der Waals surface area contributed by atoms with Crippen molar-refractivity contribution in [3.63, 3.8) is 0 Å². The van der Waals surface area contributed by atoms with Crippen molar-refractivity contribution in [1.29, 1.82) is 0 Å². The van der Waals surface area contributed by atoms with E-state index in [-0.39, 0.29) is 18.6 Å². The number of halogens is 1. The molecule has 0 spiro atoms. The number of amides is 1. The second kappa shape index (κ2) is 8.99. The normalized spacial score (nSPS) is 11.2. The molecule has 172 valence electrons. The maximum atomic E-state index is 13.3. The molecule has 3 heterocycles. The minimum absolute atomic E-state index is 0.0652. The number of methoxy groups -OCH3 is 1. The van der Waals surface area contributed by atoms with Crippen LogP contribution in [0.1, 0.15) is 18.4 Å². The van der Waals surface area contributed by atoms with E-state index >= 15 is 0 Å². The summed E-state index contributed by atoms with van der Waals surface area (Å²) in [6, 6.07) is 8.16. The van der Waals surface area contributed by atoms with E-state index in [1.54, 1.807) is 37.3 Å². The average Bonchev–Trinajstić information content (AvgIpc) is 3.41. The van der Waals surface area contributed by atoms with Crippen molar-refractivity contribution in [1.82, 2.24) is 18.9 Å². The fraction of sp³-hybridized carbons (Fsp3) is 0.273. The maximum absolute atomic E-state index is 13.3. The molecule has 0 saturated heterocycles. The summed E-state index contributed by atoms with van der Waals surface area (Å²) in [5, 5.41) is 7.45. The Morgan fingerprint density at radius 3 is 2.64 bits per heavy atom. The molecule has 1 amide bonds. The number of carbonyl (C=O) groups is 1. The number of benzene rings is 1. The summed E-state index contributed by atoms with van der Waals surface area (Å²) in [6.07, 6.45) is 1.46. The molecule has 0 atom stereocenters. The Morgan fingerprint density at radius 1 is 1.21 bits per heavy atom. The molecule has 0 unspecified atom stereocenters. The fourth-order valence-corrected chi connectivity index (χ4v) is 3.98. The molecule has 4 rings (SSSR count). The van der Waals surface area contributed by atoms with Gasteiger partial charge in [-0.1, -0.05) is 11.6 Å². The molecular formula is C22H22ClN5O5. The van der Waals surface area contributed by atoms with Crippen molar-refractivity contribution in [2.24, 2.45) is 0 Å². The minimum atomic E-state index is -0.634. The van der Waals surface area contributed by atoms with Crippen LogP contribution in [0.3, 0.4) is 0 Å². The number of aromatic nitrogens is 4. The van der Waals surface area contributed by atoms with Crippen LogP contribution >= 0.6 is 11.6 Å². The van der Waals surface area contributed by atoms with E-state index in [0.717, 1.165) is 4.57 Å². The second-order valence-electron chi connectivity index (χ2n) is 7.34. The van der Waals surface area contributed by atoms with E-state index in [4.69, 9.17) is 20.8 Å². The third kappa shape index (κ3) is 4.17. The first-order valence-electron chi connectivity index (χ1n) is 10.2. The van der Waals surface area contributed by atoms with Crippen LogP contribution in [0.5, 0.6) is 5.75 Å². The van der Waals surface area contributed by atoms with Crippen molar-refractivity contribution in [2.75, 3.05) is 12.4 Å². The number of furan rings is 1. The van der Waals surface area contributed by atoms with E-state index in [1.165, 1.54) is 22.6 Å². The number of carbonyl (C=O) groups excluding carboxylic acids is 1. The van der Waals surface area contributed by atoms with Crippen molar-refractivity contribution < 1.29 is 13.9 Å². The van der Waals surface area contributed by atoms with Gasteiger partial charge in [-0.15, -0.1) is 0 Å². The molecule has 33 heavy (non-hydrogen) atoms. The molecule has 0 fully saturated rings. The highest BCUT2D eigenvalue weighted by atomic mass is 35.5. The van der Waals surface area contributed by atoms with Gasteiger partial charge in [0.05, 0.1) is 30.6 Å². The Balaban J connectivity index is 1.78. The van der Waals surface area contributed by atoms with Gasteiger partial charge in [-0.2, -0.15) is 5.10 Å². The number of ether oxygens (including phenoxy) is 1. The first kappa shape index (κ1) is 22.4. The summed E-state index contributed by atoms with van der Waals surface area (Å²) in [4.78, 5) is 39.4. The molecule has 0 aliphatic rings. The van der Waals surface area contributed by atoms with Gasteiger partial charge in [-0.3, -0.25) is 23.4 Å². The Bertz CT molecular complexity index is 1450.